The number of carbonyl (C=O) groups excluding carboxylic acids is 3. The summed E-state index contributed by atoms with van der Waals surface area (Å²) in [6.45, 7) is 3.63. The number of aliphatic hydroxyl groups excluding tert-OH is 1. The lowest BCUT2D eigenvalue weighted by Gasteiger charge is -2.27. The van der Waals surface area contributed by atoms with Gasteiger partial charge in [0.25, 0.3) is 0 Å². The van der Waals surface area contributed by atoms with Crippen LogP contribution < -0.4 is 10.6 Å². The number of hydrogen-bond acceptors (Lipinski definition) is 6. The maximum absolute atomic E-state index is 12.4. The van der Waals surface area contributed by atoms with Gasteiger partial charge in [-0.3, -0.25) is 9.59 Å². The molecule has 1 aromatic carbocycles. The van der Waals surface area contributed by atoms with Crippen molar-refractivity contribution >= 4 is 23.7 Å². The number of urea groups is 1. The lowest BCUT2D eigenvalue weighted by molar-refractivity contribution is -0.170. The SMILES string of the molecule is CCCC(NC(=O)Nc1ccccc1)OC(=O)C(C)(CO)COC(C)=O. The lowest BCUT2D eigenvalue weighted by Crippen LogP contribution is -2.46. The maximum Gasteiger partial charge on any atom is 0.322 e. The van der Waals surface area contributed by atoms with E-state index in [-0.39, 0.29) is 6.61 Å². The molecule has 0 aromatic heterocycles. The van der Waals surface area contributed by atoms with Gasteiger partial charge in [0, 0.05) is 19.0 Å². The van der Waals surface area contributed by atoms with Gasteiger partial charge in [-0.2, -0.15) is 0 Å². The van der Waals surface area contributed by atoms with Crippen LogP contribution in [0, 0.1) is 5.41 Å². The van der Waals surface area contributed by atoms with Gasteiger partial charge in [-0.1, -0.05) is 31.5 Å². The molecule has 0 fully saturated rings. The summed E-state index contributed by atoms with van der Waals surface area (Å²) in [5, 5.41) is 14.7. The van der Waals surface area contributed by atoms with E-state index in [1.807, 2.05) is 13.0 Å². The second-order valence-electron chi connectivity index (χ2n) is 6.15. The van der Waals surface area contributed by atoms with Crippen molar-refractivity contribution in [2.45, 2.75) is 39.8 Å². The van der Waals surface area contributed by atoms with Crippen LogP contribution in [-0.2, 0) is 19.1 Å². The highest BCUT2D eigenvalue weighted by Gasteiger charge is 2.37. The standard InChI is InChI=1S/C18H26N2O6/c1-4-8-15(20-17(24)19-14-9-6-5-7-10-14)26-16(23)18(3,11-21)12-25-13(2)22/h5-7,9-10,15,21H,4,8,11-12H2,1-3H3,(H2,19,20,24). The van der Waals surface area contributed by atoms with E-state index >= 15 is 0 Å². The van der Waals surface area contributed by atoms with Crippen LogP contribution in [0.15, 0.2) is 30.3 Å². The number of amides is 2. The predicted octanol–water partition coefficient (Wildman–Crippen LogP) is 2.04. The second-order valence-corrected chi connectivity index (χ2v) is 6.15. The molecule has 8 heteroatoms. The van der Waals surface area contributed by atoms with Gasteiger partial charge in [0.1, 0.15) is 12.0 Å². The highest BCUT2D eigenvalue weighted by molar-refractivity contribution is 5.89. The molecule has 0 aliphatic heterocycles. The molecule has 3 N–H and O–H groups in total. The number of para-hydroxylation sites is 1. The fraction of sp³-hybridized carbons (Fsp3) is 0.500. The third-order valence-corrected chi connectivity index (χ3v) is 3.56. The van der Waals surface area contributed by atoms with Gasteiger partial charge in [-0.15, -0.1) is 0 Å². The van der Waals surface area contributed by atoms with Crippen molar-refractivity contribution in [3.05, 3.63) is 30.3 Å². The predicted molar refractivity (Wildman–Crippen MR) is 95.2 cm³/mol. The molecular formula is C18H26N2O6. The average molecular weight is 366 g/mol. The molecule has 2 atom stereocenters. The van der Waals surface area contributed by atoms with Crippen LogP contribution in [0.2, 0.25) is 0 Å². The Morgan fingerprint density at radius 2 is 1.88 bits per heavy atom. The molecule has 0 saturated carbocycles. The first kappa shape index (κ1) is 21.4. The molecule has 1 rings (SSSR count). The zero-order chi connectivity index (χ0) is 19.6. The van der Waals surface area contributed by atoms with Crippen molar-refractivity contribution in [3.63, 3.8) is 0 Å². The summed E-state index contributed by atoms with van der Waals surface area (Å²) in [6, 6.07) is 8.31. The summed E-state index contributed by atoms with van der Waals surface area (Å²) < 4.78 is 10.1. The summed E-state index contributed by atoms with van der Waals surface area (Å²) in [5.41, 5.74) is -0.809. The monoisotopic (exact) mass is 366 g/mol. The number of benzene rings is 1. The molecule has 8 nitrogen and oxygen atoms in total. The molecule has 1 aromatic rings. The third-order valence-electron chi connectivity index (χ3n) is 3.56. The van der Waals surface area contributed by atoms with Crippen LogP contribution >= 0.6 is 0 Å². The highest BCUT2D eigenvalue weighted by Crippen LogP contribution is 2.20. The van der Waals surface area contributed by atoms with Gasteiger partial charge in [0.05, 0.1) is 6.61 Å². The Balaban J connectivity index is 2.68. The fourth-order valence-electron chi connectivity index (χ4n) is 1.96. The van der Waals surface area contributed by atoms with Crippen molar-refractivity contribution in [1.29, 1.82) is 0 Å². The minimum Gasteiger partial charge on any atom is -0.465 e. The molecule has 26 heavy (non-hydrogen) atoms. The fourth-order valence-corrected chi connectivity index (χ4v) is 1.96. The van der Waals surface area contributed by atoms with Crippen molar-refractivity contribution < 1.29 is 29.0 Å². The summed E-state index contributed by atoms with van der Waals surface area (Å²) in [7, 11) is 0. The van der Waals surface area contributed by atoms with Crippen LogP contribution in [-0.4, -0.2) is 42.5 Å². The largest absolute Gasteiger partial charge is 0.465 e. The van der Waals surface area contributed by atoms with Crippen LogP contribution in [0.3, 0.4) is 0 Å². The highest BCUT2D eigenvalue weighted by atomic mass is 16.6. The van der Waals surface area contributed by atoms with Gasteiger partial charge in [0.2, 0.25) is 0 Å². The van der Waals surface area contributed by atoms with Crippen molar-refractivity contribution in [3.8, 4) is 0 Å². The Labute approximate surface area is 152 Å². The van der Waals surface area contributed by atoms with Crippen molar-refractivity contribution in [2.24, 2.45) is 5.41 Å². The molecule has 0 radical (unpaired) electrons. The van der Waals surface area contributed by atoms with Crippen LogP contribution in [0.25, 0.3) is 0 Å². The normalized spacial score (nSPS) is 13.8. The van der Waals surface area contributed by atoms with E-state index in [9.17, 15) is 19.5 Å². The summed E-state index contributed by atoms with van der Waals surface area (Å²) in [4.78, 5) is 35.4. The Bertz CT molecular complexity index is 607. The number of nitrogens with one attached hydrogen (secondary N) is 2. The molecule has 144 valence electrons. The summed E-state index contributed by atoms with van der Waals surface area (Å²) in [6.07, 6.45) is 0.172. The minimum atomic E-state index is -1.41. The van der Waals surface area contributed by atoms with Gasteiger partial charge in [0.15, 0.2) is 6.23 Å². The van der Waals surface area contributed by atoms with Crippen molar-refractivity contribution in [1.82, 2.24) is 5.32 Å². The van der Waals surface area contributed by atoms with Crippen molar-refractivity contribution in [2.75, 3.05) is 18.5 Å². The molecule has 0 heterocycles. The van der Waals surface area contributed by atoms with E-state index in [4.69, 9.17) is 9.47 Å². The number of esters is 2. The number of hydrogen-bond donors (Lipinski definition) is 3. The second kappa shape index (κ2) is 10.4. The number of anilines is 1. The van der Waals surface area contributed by atoms with E-state index in [1.54, 1.807) is 24.3 Å². The number of rotatable bonds is 9. The molecule has 2 amide bonds. The van der Waals surface area contributed by atoms with Gasteiger partial charge in [-0.05, 0) is 19.1 Å². The van der Waals surface area contributed by atoms with E-state index in [0.717, 1.165) is 0 Å². The van der Waals surface area contributed by atoms with E-state index in [2.05, 4.69) is 10.6 Å². The molecule has 0 bridgehead atoms. The average Bonchev–Trinajstić information content (AvgIpc) is 2.60. The smallest absolute Gasteiger partial charge is 0.322 e. The Morgan fingerprint density at radius 1 is 1.23 bits per heavy atom. The molecule has 0 saturated heterocycles. The Kier molecular flexibility index (Phi) is 8.57. The van der Waals surface area contributed by atoms with Crippen LogP contribution in [0.4, 0.5) is 10.5 Å². The van der Waals surface area contributed by atoms with E-state index in [0.29, 0.717) is 18.5 Å². The maximum atomic E-state index is 12.4. The summed E-state index contributed by atoms with van der Waals surface area (Å²) >= 11 is 0. The Hall–Kier alpha value is -2.61. The summed E-state index contributed by atoms with van der Waals surface area (Å²) in [5.74, 6) is -1.33. The number of carbonyl (C=O) groups is 3. The first-order valence-corrected chi connectivity index (χ1v) is 8.38. The van der Waals surface area contributed by atoms with Crippen LogP contribution in [0.5, 0.6) is 0 Å². The molecular weight excluding hydrogens is 340 g/mol. The minimum absolute atomic E-state index is 0.313. The first-order valence-electron chi connectivity index (χ1n) is 8.38. The van der Waals surface area contributed by atoms with Gasteiger partial charge >= 0.3 is 18.0 Å². The first-order chi connectivity index (χ1) is 12.3. The van der Waals surface area contributed by atoms with Gasteiger partial charge < -0.3 is 25.2 Å². The lowest BCUT2D eigenvalue weighted by atomic mass is 9.93. The number of ether oxygens (including phenoxy) is 2. The Morgan fingerprint density at radius 3 is 2.42 bits per heavy atom. The van der Waals surface area contributed by atoms with E-state index < -0.39 is 36.2 Å². The molecule has 0 aliphatic carbocycles. The quantitative estimate of drug-likeness (QED) is 0.455. The third kappa shape index (κ3) is 7.10. The number of aliphatic hydroxyl groups is 1. The van der Waals surface area contributed by atoms with Crippen LogP contribution in [0.1, 0.15) is 33.6 Å². The molecule has 2 unspecified atom stereocenters. The van der Waals surface area contributed by atoms with Gasteiger partial charge in [-0.25, -0.2) is 4.79 Å². The molecule has 0 spiro atoms. The molecule has 0 aliphatic rings. The zero-order valence-electron chi connectivity index (χ0n) is 15.3. The topological polar surface area (TPSA) is 114 Å². The zero-order valence-corrected chi connectivity index (χ0v) is 15.3. The van der Waals surface area contributed by atoms with E-state index in [1.165, 1.54) is 13.8 Å².